The zero-order valence-electron chi connectivity index (χ0n) is 15.5. The summed E-state index contributed by atoms with van der Waals surface area (Å²) in [4.78, 5) is 22.3. The molecule has 150 valence electrons. The van der Waals surface area contributed by atoms with Crippen LogP contribution in [0.5, 0.6) is 5.75 Å². The first-order chi connectivity index (χ1) is 14.2. The average Bonchev–Trinajstić information content (AvgIpc) is 2.69. The van der Waals surface area contributed by atoms with Crippen molar-refractivity contribution < 1.29 is 10.0 Å². The minimum Gasteiger partial charge on any atom is -0.506 e. The fourth-order valence-corrected chi connectivity index (χ4v) is 3.73. The van der Waals surface area contributed by atoms with Crippen molar-refractivity contribution in [2.45, 2.75) is 6.92 Å². The Balaban J connectivity index is 2.11. The number of pyridine rings is 1. The van der Waals surface area contributed by atoms with Crippen LogP contribution in [0.1, 0.15) is 5.56 Å². The highest BCUT2D eigenvalue weighted by Gasteiger charge is 2.18. The highest BCUT2D eigenvalue weighted by atomic mass is 35.5. The molecule has 0 radical (unpaired) electrons. The van der Waals surface area contributed by atoms with Crippen LogP contribution < -0.4 is 5.73 Å². The van der Waals surface area contributed by atoms with Crippen molar-refractivity contribution in [2.75, 3.05) is 5.73 Å². The minimum absolute atomic E-state index is 0.0733. The van der Waals surface area contributed by atoms with E-state index in [1.807, 2.05) is 6.92 Å². The third kappa shape index (κ3) is 3.44. The van der Waals surface area contributed by atoms with Gasteiger partial charge in [0.25, 0.3) is 5.69 Å². The number of phenols is 1. The van der Waals surface area contributed by atoms with E-state index in [9.17, 15) is 15.2 Å². The van der Waals surface area contributed by atoms with Crippen molar-refractivity contribution >= 4 is 46.4 Å². The predicted octanol–water partition coefficient (Wildman–Crippen LogP) is 5.18. The zero-order valence-corrected chi connectivity index (χ0v) is 17.1. The average molecular weight is 440 g/mol. The van der Waals surface area contributed by atoms with Crippen LogP contribution in [0.2, 0.25) is 5.02 Å². The number of fused-ring (bicyclic) bond motifs is 1. The van der Waals surface area contributed by atoms with E-state index < -0.39 is 4.92 Å². The standard InChI is InChI=1S/C20H14ClN5O3S/c1-9-5-13(17(27)14(21)6-9)15-8-12(10-3-2-4-11(7-10)26(28)29)16-18(22)24-20(30)25-19(16)23-15/h2-8,27H,1H3,(H3,22,23,24,25,30). The number of anilines is 1. The van der Waals surface area contributed by atoms with Gasteiger partial charge in [-0.15, -0.1) is 0 Å². The number of nitrogen functional groups attached to an aromatic ring is 1. The Morgan fingerprint density at radius 2 is 1.97 bits per heavy atom. The van der Waals surface area contributed by atoms with Gasteiger partial charge in [0, 0.05) is 17.7 Å². The lowest BCUT2D eigenvalue weighted by Crippen LogP contribution is -2.00. The molecule has 0 atom stereocenters. The SMILES string of the molecule is Cc1cc(Cl)c(O)c(-c2cc(-c3cccc([N+](=O)[O-])c3)c3c(N)[nH]c(=S)nc3n2)c1. The summed E-state index contributed by atoms with van der Waals surface area (Å²) in [6, 6.07) is 11.2. The van der Waals surface area contributed by atoms with E-state index in [0.29, 0.717) is 27.8 Å². The van der Waals surface area contributed by atoms with Gasteiger partial charge < -0.3 is 15.8 Å². The molecule has 10 heteroatoms. The van der Waals surface area contributed by atoms with Gasteiger partial charge in [-0.3, -0.25) is 10.1 Å². The summed E-state index contributed by atoms with van der Waals surface area (Å²) < 4.78 is 0.140. The molecule has 0 saturated heterocycles. The fourth-order valence-electron chi connectivity index (χ4n) is 3.26. The zero-order chi connectivity index (χ0) is 21.6. The lowest BCUT2D eigenvalue weighted by atomic mass is 9.98. The maximum atomic E-state index is 11.3. The summed E-state index contributed by atoms with van der Waals surface area (Å²) >= 11 is 11.3. The quantitative estimate of drug-likeness (QED) is 0.227. The third-order valence-electron chi connectivity index (χ3n) is 4.57. The van der Waals surface area contributed by atoms with Crippen LogP contribution in [0.4, 0.5) is 11.5 Å². The normalized spacial score (nSPS) is 11.0. The number of nitrogens with zero attached hydrogens (tertiary/aromatic N) is 3. The lowest BCUT2D eigenvalue weighted by Gasteiger charge is -2.13. The Labute approximate surface area is 180 Å². The second-order valence-electron chi connectivity index (χ2n) is 6.66. The molecule has 30 heavy (non-hydrogen) atoms. The van der Waals surface area contributed by atoms with Crippen LogP contribution >= 0.6 is 23.8 Å². The summed E-state index contributed by atoms with van der Waals surface area (Å²) in [5, 5.41) is 22.4. The van der Waals surface area contributed by atoms with Gasteiger partial charge in [-0.1, -0.05) is 23.7 Å². The van der Waals surface area contributed by atoms with Crippen LogP contribution in [0.15, 0.2) is 42.5 Å². The number of phenolic OH excluding ortho intramolecular Hbond substituents is 1. The maximum absolute atomic E-state index is 11.3. The van der Waals surface area contributed by atoms with Gasteiger partial charge in [0.2, 0.25) is 0 Å². The maximum Gasteiger partial charge on any atom is 0.270 e. The van der Waals surface area contributed by atoms with Crippen molar-refractivity contribution in [3.05, 3.63) is 67.9 Å². The summed E-state index contributed by atoms with van der Waals surface area (Å²) in [6.45, 7) is 1.84. The number of aryl methyl sites for hydroxylation is 1. The minimum atomic E-state index is -0.477. The smallest absolute Gasteiger partial charge is 0.270 e. The molecule has 4 aromatic rings. The molecule has 4 N–H and O–H groups in total. The molecule has 0 spiro atoms. The highest BCUT2D eigenvalue weighted by molar-refractivity contribution is 7.71. The van der Waals surface area contributed by atoms with E-state index in [1.165, 1.54) is 12.1 Å². The number of aromatic amines is 1. The summed E-state index contributed by atoms with van der Waals surface area (Å²) in [5.74, 6) is 0.102. The van der Waals surface area contributed by atoms with Crippen LogP contribution in [-0.2, 0) is 0 Å². The number of hydrogen-bond acceptors (Lipinski definition) is 7. The van der Waals surface area contributed by atoms with Crippen LogP contribution in [-0.4, -0.2) is 25.0 Å². The molecule has 0 aliphatic heterocycles. The second-order valence-corrected chi connectivity index (χ2v) is 7.45. The molecule has 8 nitrogen and oxygen atoms in total. The number of nitro benzene ring substituents is 1. The summed E-state index contributed by atoms with van der Waals surface area (Å²) in [7, 11) is 0. The molecular weight excluding hydrogens is 426 g/mol. The van der Waals surface area contributed by atoms with E-state index >= 15 is 0 Å². The molecule has 2 aromatic carbocycles. The number of halogens is 1. The Kier molecular flexibility index (Phi) is 4.84. The van der Waals surface area contributed by atoms with E-state index in [4.69, 9.17) is 29.6 Å². The molecule has 0 fully saturated rings. The fraction of sp³-hybridized carbons (Fsp3) is 0.0500. The first kappa shape index (κ1) is 19.7. The van der Waals surface area contributed by atoms with Crippen molar-refractivity contribution in [1.29, 1.82) is 0 Å². The number of nitrogens with one attached hydrogen (secondary N) is 1. The molecule has 0 aliphatic rings. The van der Waals surface area contributed by atoms with Gasteiger partial charge in [-0.25, -0.2) is 4.98 Å². The summed E-state index contributed by atoms with van der Waals surface area (Å²) in [6.07, 6.45) is 0. The number of rotatable bonds is 3. The molecule has 0 unspecified atom stereocenters. The van der Waals surface area contributed by atoms with Gasteiger partial charge in [-0.2, -0.15) is 4.98 Å². The summed E-state index contributed by atoms with van der Waals surface area (Å²) in [5.41, 5.74) is 9.00. The van der Waals surface area contributed by atoms with Crippen molar-refractivity contribution in [2.24, 2.45) is 0 Å². The van der Waals surface area contributed by atoms with Crippen molar-refractivity contribution in [3.63, 3.8) is 0 Å². The number of H-pyrrole nitrogens is 1. The van der Waals surface area contributed by atoms with Gasteiger partial charge >= 0.3 is 0 Å². The number of aromatic nitrogens is 3. The van der Waals surface area contributed by atoms with Gasteiger partial charge in [0.15, 0.2) is 10.4 Å². The molecule has 0 saturated carbocycles. The largest absolute Gasteiger partial charge is 0.506 e. The van der Waals surface area contributed by atoms with Crippen LogP contribution in [0, 0.1) is 21.8 Å². The topological polar surface area (TPSA) is 131 Å². The van der Waals surface area contributed by atoms with Crippen LogP contribution in [0.3, 0.4) is 0 Å². The number of hydrogen-bond donors (Lipinski definition) is 3. The number of nitrogens with two attached hydrogens (primary N) is 1. The number of non-ortho nitro benzene ring substituents is 1. The molecule has 4 rings (SSSR count). The second kappa shape index (κ2) is 7.36. The lowest BCUT2D eigenvalue weighted by molar-refractivity contribution is -0.384. The van der Waals surface area contributed by atoms with E-state index in [-0.39, 0.29) is 32.7 Å². The Hall–Kier alpha value is -3.56. The predicted molar refractivity (Wildman–Crippen MR) is 118 cm³/mol. The number of benzene rings is 2. The Bertz CT molecular complexity index is 1400. The molecule has 0 amide bonds. The molecule has 0 bridgehead atoms. The van der Waals surface area contributed by atoms with Gasteiger partial charge in [-0.05, 0) is 54.0 Å². The molecule has 0 aliphatic carbocycles. The van der Waals surface area contributed by atoms with E-state index in [0.717, 1.165) is 5.56 Å². The van der Waals surface area contributed by atoms with Gasteiger partial charge in [0.1, 0.15) is 11.6 Å². The van der Waals surface area contributed by atoms with E-state index in [2.05, 4.69) is 15.0 Å². The third-order valence-corrected chi connectivity index (χ3v) is 5.05. The first-order valence-corrected chi connectivity index (χ1v) is 9.48. The van der Waals surface area contributed by atoms with Gasteiger partial charge in [0.05, 0.1) is 21.0 Å². The van der Waals surface area contributed by atoms with Crippen LogP contribution in [0.25, 0.3) is 33.4 Å². The Morgan fingerprint density at radius 3 is 2.70 bits per heavy atom. The molecular formula is C20H14ClN5O3S. The molecule has 2 heterocycles. The number of aromatic hydroxyl groups is 1. The van der Waals surface area contributed by atoms with E-state index in [1.54, 1.807) is 30.3 Å². The number of nitro groups is 1. The Morgan fingerprint density at radius 1 is 1.20 bits per heavy atom. The van der Waals surface area contributed by atoms with Crippen molar-refractivity contribution in [1.82, 2.24) is 15.0 Å². The molecule has 2 aromatic heterocycles. The van der Waals surface area contributed by atoms with Crippen molar-refractivity contribution in [3.8, 4) is 28.1 Å². The highest BCUT2D eigenvalue weighted by Crippen LogP contribution is 2.40. The first-order valence-electron chi connectivity index (χ1n) is 8.69. The monoisotopic (exact) mass is 439 g/mol.